The third kappa shape index (κ3) is 4.68. The van der Waals surface area contributed by atoms with Crippen LogP contribution in [0.5, 0.6) is 5.75 Å². The highest BCUT2D eigenvalue weighted by Gasteiger charge is 2.27. The van der Waals surface area contributed by atoms with Crippen LogP contribution in [0.25, 0.3) is 0 Å². The van der Waals surface area contributed by atoms with Gasteiger partial charge in [-0.3, -0.25) is 0 Å². The van der Waals surface area contributed by atoms with Crippen LogP contribution in [0.15, 0.2) is 18.2 Å². The smallest absolute Gasteiger partial charge is 0.119 e. The van der Waals surface area contributed by atoms with Gasteiger partial charge in [-0.05, 0) is 56.4 Å². The van der Waals surface area contributed by atoms with Gasteiger partial charge in [-0.15, -0.1) is 0 Å². The molecule has 0 spiro atoms. The van der Waals surface area contributed by atoms with Gasteiger partial charge >= 0.3 is 0 Å². The number of ether oxygens (including phenoxy) is 1. The maximum absolute atomic E-state index is 9.87. The van der Waals surface area contributed by atoms with E-state index < -0.39 is 6.10 Å². The Bertz CT molecular complexity index is 421. The van der Waals surface area contributed by atoms with Crippen LogP contribution in [0, 0.1) is 12.8 Å². The lowest BCUT2D eigenvalue weighted by atomic mass is 10.2. The Hall–Kier alpha value is -0.770. The summed E-state index contributed by atoms with van der Waals surface area (Å²) in [6.45, 7) is 4.98. The number of hydrogen-bond acceptors (Lipinski definition) is 3. The van der Waals surface area contributed by atoms with Gasteiger partial charge < -0.3 is 15.2 Å². The number of aliphatic hydroxyl groups excluding tert-OH is 1. The molecule has 19 heavy (non-hydrogen) atoms. The molecule has 0 unspecified atom stereocenters. The van der Waals surface area contributed by atoms with Crippen molar-refractivity contribution in [3.05, 3.63) is 28.8 Å². The van der Waals surface area contributed by atoms with Gasteiger partial charge in [0.05, 0.1) is 0 Å². The monoisotopic (exact) mass is 283 g/mol. The summed E-state index contributed by atoms with van der Waals surface area (Å²) in [6, 6.07) is 6.01. The highest BCUT2D eigenvalue weighted by Crippen LogP contribution is 2.32. The molecule has 0 heterocycles. The van der Waals surface area contributed by atoms with Crippen molar-refractivity contribution in [3.63, 3.8) is 0 Å². The Morgan fingerprint density at radius 1 is 1.47 bits per heavy atom. The SMILES string of the molecule is Cc1cc(OC[C@@H](O)CN[C@@H](C)C2CC2)ccc1Cl. The molecule has 2 atom stereocenters. The van der Waals surface area contributed by atoms with E-state index in [1.165, 1.54) is 12.8 Å². The van der Waals surface area contributed by atoms with Gasteiger partial charge in [0.1, 0.15) is 18.5 Å². The maximum Gasteiger partial charge on any atom is 0.119 e. The molecule has 0 aromatic heterocycles. The quantitative estimate of drug-likeness (QED) is 0.808. The van der Waals surface area contributed by atoms with E-state index in [1.807, 2.05) is 25.1 Å². The second-order valence-corrected chi connectivity index (χ2v) is 5.82. The fraction of sp³-hybridized carbons (Fsp3) is 0.600. The zero-order valence-electron chi connectivity index (χ0n) is 11.5. The molecule has 4 heteroatoms. The molecule has 106 valence electrons. The Labute approximate surface area is 119 Å². The minimum absolute atomic E-state index is 0.297. The van der Waals surface area contributed by atoms with Crippen molar-refractivity contribution in [1.82, 2.24) is 5.32 Å². The average Bonchev–Trinajstić information content (AvgIpc) is 3.21. The minimum Gasteiger partial charge on any atom is -0.491 e. The summed E-state index contributed by atoms with van der Waals surface area (Å²) in [6.07, 6.45) is 2.13. The van der Waals surface area contributed by atoms with Gasteiger partial charge in [0.25, 0.3) is 0 Å². The largest absolute Gasteiger partial charge is 0.491 e. The molecule has 2 rings (SSSR count). The lowest BCUT2D eigenvalue weighted by Crippen LogP contribution is -2.37. The van der Waals surface area contributed by atoms with Crippen molar-refractivity contribution in [2.45, 2.75) is 38.8 Å². The lowest BCUT2D eigenvalue weighted by Gasteiger charge is -2.17. The lowest BCUT2D eigenvalue weighted by molar-refractivity contribution is 0.103. The van der Waals surface area contributed by atoms with Crippen LogP contribution >= 0.6 is 11.6 Å². The van der Waals surface area contributed by atoms with E-state index in [4.69, 9.17) is 16.3 Å². The first-order valence-electron chi connectivity index (χ1n) is 6.86. The Balaban J connectivity index is 1.70. The highest BCUT2D eigenvalue weighted by molar-refractivity contribution is 6.31. The first kappa shape index (κ1) is 14.6. The number of nitrogens with one attached hydrogen (secondary N) is 1. The molecule has 1 aliphatic carbocycles. The predicted octanol–water partition coefficient (Wildman–Crippen LogP) is 2.78. The molecule has 1 fully saturated rings. The summed E-state index contributed by atoms with van der Waals surface area (Å²) in [5.74, 6) is 1.54. The van der Waals surface area contributed by atoms with E-state index in [0.29, 0.717) is 19.2 Å². The standard InChI is InChI=1S/C15H22ClNO2/c1-10-7-14(5-6-15(10)16)19-9-13(18)8-17-11(2)12-3-4-12/h5-7,11-13,17-18H,3-4,8-9H2,1-2H3/t11-,13-/m0/s1. The second-order valence-electron chi connectivity index (χ2n) is 5.41. The van der Waals surface area contributed by atoms with Gasteiger partial charge in [0.2, 0.25) is 0 Å². The normalized spacial score (nSPS) is 18.1. The van der Waals surface area contributed by atoms with Crippen LogP contribution in [0.3, 0.4) is 0 Å². The van der Waals surface area contributed by atoms with E-state index in [2.05, 4.69) is 12.2 Å². The predicted molar refractivity (Wildman–Crippen MR) is 77.9 cm³/mol. The molecule has 1 aromatic carbocycles. The first-order chi connectivity index (χ1) is 9.06. The van der Waals surface area contributed by atoms with Crippen LogP contribution in [-0.2, 0) is 0 Å². The molecule has 1 aromatic rings. The van der Waals surface area contributed by atoms with E-state index >= 15 is 0 Å². The Kier molecular flexibility index (Phi) is 5.08. The van der Waals surface area contributed by atoms with Gasteiger partial charge in [0, 0.05) is 17.6 Å². The molecule has 3 nitrogen and oxygen atoms in total. The van der Waals surface area contributed by atoms with Gasteiger partial charge in [-0.2, -0.15) is 0 Å². The molecule has 0 saturated heterocycles. The summed E-state index contributed by atoms with van der Waals surface area (Å²) < 4.78 is 5.56. The molecule has 0 aliphatic heterocycles. The summed E-state index contributed by atoms with van der Waals surface area (Å²) in [7, 11) is 0. The van der Waals surface area contributed by atoms with Gasteiger partial charge in [0.15, 0.2) is 0 Å². The maximum atomic E-state index is 9.87. The van der Waals surface area contributed by atoms with Crippen LogP contribution in [0.4, 0.5) is 0 Å². The van der Waals surface area contributed by atoms with E-state index in [0.717, 1.165) is 22.3 Å². The number of aliphatic hydroxyl groups is 1. The number of aryl methyl sites for hydroxylation is 1. The Morgan fingerprint density at radius 2 is 2.21 bits per heavy atom. The summed E-state index contributed by atoms with van der Waals surface area (Å²) in [5, 5.41) is 14.0. The van der Waals surface area contributed by atoms with Crippen LogP contribution in [0.1, 0.15) is 25.3 Å². The number of hydrogen-bond donors (Lipinski definition) is 2. The fourth-order valence-corrected chi connectivity index (χ4v) is 2.16. The van der Waals surface area contributed by atoms with Crippen molar-refractivity contribution in [2.24, 2.45) is 5.92 Å². The third-order valence-corrected chi connectivity index (χ3v) is 4.00. The molecule has 1 aliphatic rings. The van der Waals surface area contributed by atoms with Crippen LogP contribution < -0.4 is 10.1 Å². The molecule has 1 saturated carbocycles. The van der Waals surface area contributed by atoms with Crippen LogP contribution in [0.2, 0.25) is 5.02 Å². The van der Waals surface area contributed by atoms with E-state index in [-0.39, 0.29) is 0 Å². The molecular formula is C15H22ClNO2. The number of rotatable bonds is 7. The van der Waals surface area contributed by atoms with E-state index in [9.17, 15) is 5.11 Å². The highest BCUT2D eigenvalue weighted by atomic mass is 35.5. The summed E-state index contributed by atoms with van der Waals surface area (Å²) in [5.41, 5.74) is 0.981. The summed E-state index contributed by atoms with van der Waals surface area (Å²) in [4.78, 5) is 0. The van der Waals surface area contributed by atoms with Crippen molar-refractivity contribution in [2.75, 3.05) is 13.2 Å². The zero-order chi connectivity index (χ0) is 13.8. The molecule has 0 radical (unpaired) electrons. The number of benzene rings is 1. The van der Waals surface area contributed by atoms with Gasteiger partial charge in [-0.1, -0.05) is 11.6 Å². The molecule has 0 amide bonds. The van der Waals surface area contributed by atoms with Crippen molar-refractivity contribution in [3.8, 4) is 5.75 Å². The topological polar surface area (TPSA) is 41.5 Å². The van der Waals surface area contributed by atoms with Crippen molar-refractivity contribution in [1.29, 1.82) is 0 Å². The second kappa shape index (κ2) is 6.60. The Morgan fingerprint density at radius 3 is 2.84 bits per heavy atom. The van der Waals surface area contributed by atoms with Crippen molar-refractivity contribution < 1.29 is 9.84 Å². The zero-order valence-corrected chi connectivity index (χ0v) is 12.3. The molecule has 2 N–H and O–H groups in total. The fourth-order valence-electron chi connectivity index (χ4n) is 2.04. The summed E-state index contributed by atoms with van der Waals surface area (Å²) >= 11 is 5.95. The third-order valence-electron chi connectivity index (χ3n) is 3.58. The number of halogens is 1. The van der Waals surface area contributed by atoms with E-state index in [1.54, 1.807) is 0 Å². The van der Waals surface area contributed by atoms with Crippen LogP contribution in [-0.4, -0.2) is 30.4 Å². The van der Waals surface area contributed by atoms with Crippen molar-refractivity contribution >= 4 is 11.6 Å². The molecule has 0 bridgehead atoms. The van der Waals surface area contributed by atoms with Gasteiger partial charge in [-0.25, -0.2) is 0 Å². The molecular weight excluding hydrogens is 262 g/mol. The first-order valence-corrected chi connectivity index (χ1v) is 7.24. The average molecular weight is 284 g/mol. The minimum atomic E-state index is -0.489.